The van der Waals surface area contributed by atoms with E-state index in [0.29, 0.717) is 6.54 Å². The van der Waals surface area contributed by atoms with E-state index >= 15 is 0 Å². The van der Waals surface area contributed by atoms with Crippen molar-refractivity contribution in [3.63, 3.8) is 0 Å². The summed E-state index contributed by atoms with van der Waals surface area (Å²) >= 11 is 0. The number of ether oxygens (including phenoxy) is 1. The molecule has 6 nitrogen and oxygen atoms in total. The van der Waals surface area contributed by atoms with E-state index in [1.165, 1.54) is 0 Å². The molecule has 6 heteroatoms. The van der Waals surface area contributed by atoms with Crippen LogP contribution in [-0.2, 0) is 6.54 Å². The number of benzene rings is 1. The van der Waals surface area contributed by atoms with Crippen molar-refractivity contribution in [1.29, 1.82) is 0 Å². The van der Waals surface area contributed by atoms with Crippen molar-refractivity contribution in [3.8, 4) is 17.0 Å². The molecule has 0 bridgehead atoms. The topological polar surface area (TPSA) is 64.3 Å². The van der Waals surface area contributed by atoms with E-state index in [1.807, 2.05) is 43.4 Å². The Kier molecular flexibility index (Phi) is 3.30. The van der Waals surface area contributed by atoms with Gasteiger partial charge >= 0.3 is 0 Å². The number of methoxy groups -OCH3 is 1. The number of aromatic nitrogens is 4. The van der Waals surface area contributed by atoms with Gasteiger partial charge in [-0.2, -0.15) is 9.61 Å². The van der Waals surface area contributed by atoms with Gasteiger partial charge in [0.15, 0.2) is 11.5 Å². The second-order valence-corrected chi connectivity index (χ2v) is 4.37. The lowest BCUT2D eigenvalue weighted by Gasteiger charge is -2.05. The predicted octanol–water partition coefficient (Wildman–Crippen LogP) is 1.52. The zero-order valence-corrected chi connectivity index (χ0v) is 11.4. The quantitative estimate of drug-likeness (QED) is 0.778. The summed E-state index contributed by atoms with van der Waals surface area (Å²) < 4.78 is 7.00. The average Bonchev–Trinajstić information content (AvgIpc) is 2.90. The Morgan fingerprint density at radius 3 is 2.90 bits per heavy atom. The summed E-state index contributed by atoms with van der Waals surface area (Å²) in [5, 5.41) is 15.9. The first-order valence-corrected chi connectivity index (χ1v) is 6.32. The summed E-state index contributed by atoms with van der Waals surface area (Å²) in [7, 11) is 3.52. The maximum Gasteiger partial charge on any atom is 0.177 e. The molecular formula is C14H15N5O. The van der Waals surface area contributed by atoms with Gasteiger partial charge in [-0.3, -0.25) is 0 Å². The second-order valence-electron chi connectivity index (χ2n) is 4.37. The zero-order chi connectivity index (χ0) is 13.9. The summed E-state index contributed by atoms with van der Waals surface area (Å²) in [4.78, 5) is 0. The summed E-state index contributed by atoms with van der Waals surface area (Å²) in [6.07, 6.45) is 0. The van der Waals surface area contributed by atoms with Crippen molar-refractivity contribution < 1.29 is 4.74 Å². The van der Waals surface area contributed by atoms with Crippen molar-refractivity contribution in [2.24, 2.45) is 0 Å². The van der Waals surface area contributed by atoms with Crippen molar-refractivity contribution in [1.82, 2.24) is 25.1 Å². The molecule has 0 radical (unpaired) electrons. The van der Waals surface area contributed by atoms with E-state index in [-0.39, 0.29) is 0 Å². The van der Waals surface area contributed by atoms with Gasteiger partial charge in [-0.25, -0.2) is 0 Å². The van der Waals surface area contributed by atoms with E-state index in [4.69, 9.17) is 4.74 Å². The Balaban J connectivity index is 2.09. The van der Waals surface area contributed by atoms with Crippen LogP contribution in [0.4, 0.5) is 0 Å². The van der Waals surface area contributed by atoms with Crippen molar-refractivity contribution in [3.05, 3.63) is 42.2 Å². The fraction of sp³-hybridized carbons (Fsp3) is 0.214. The first-order valence-electron chi connectivity index (χ1n) is 6.32. The van der Waals surface area contributed by atoms with Gasteiger partial charge in [0.25, 0.3) is 0 Å². The minimum Gasteiger partial charge on any atom is -0.497 e. The maximum absolute atomic E-state index is 5.24. The molecule has 20 heavy (non-hydrogen) atoms. The van der Waals surface area contributed by atoms with Gasteiger partial charge in [0.2, 0.25) is 0 Å². The molecule has 3 rings (SSSR count). The Hall–Kier alpha value is -2.47. The SMILES string of the molecule is CNCc1nnc2ccc(-c3cccc(OC)c3)nn12. The van der Waals surface area contributed by atoms with Gasteiger partial charge in [-0.15, -0.1) is 10.2 Å². The van der Waals surface area contributed by atoms with Crippen LogP contribution in [0.5, 0.6) is 5.75 Å². The third-order valence-electron chi connectivity index (χ3n) is 3.03. The minimum absolute atomic E-state index is 0.621. The van der Waals surface area contributed by atoms with Gasteiger partial charge in [-0.05, 0) is 31.3 Å². The Labute approximate surface area is 116 Å². The second kappa shape index (κ2) is 5.26. The molecule has 0 unspecified atom stereocenters. The van der Waals surface area contributed by atoms with Crippen LogP contribution in [0.15, 0.2) is 36.4 Å². The average molecular weight is 269 g/mol. The number of fused-ring (bicyclic) bond motifs is 1. The maximum atomic E-state index is 5.24. The van der Waals surface area contributed by atoms with E-state index < -0.39 is 0 Å². The molecular weight excluding hydrogens is 254 g/mol. The first kappa shape index (κ1) is 12.6. The highest BCUT2D eigenvalue weighted by Crippen LogP contribution is 2.22. The summed E-state index contributed by atoms with van der Waals surface area (Å²) in [6, 6.07) is 11.7. The molecule has 0 atom stereocenters. The smallest absolute Gasteiger partial charge is 0.177 e. The number of rotatable bonds is 4. The largest absolute Gasteiger partial charge is 0.497 e. The lowest BCUT2D eigenvalue weighted by Crippen LogP contribution is -2.10. The molecule has 102 valence electrons. The molecule has 0 fully saturated rings. The normalized spacial score (nSPS) is 10.9. The molecule has 0 spiro atoms. The summed E-state index contributed by atoms with van der Waals surface area (Å²) in [6.45, 7) is 0.621. The van der Waals surface area contributed by atoms with Gasteiger partial charge in [-0.1, -0.05) is 12.1 Å². The lowest BCUT2D eigenvalue weighted by molar-refractivity contribution is 0.415. The first-order chi connectivity index (χ1) is 9.81. The van der Waals surface area contributed by atoms with Crippen molar-refractivity contribution >= 4 is 5.65 Å². The predicted molar refractivity (Wildman–Crippen MR) is 75.5 cm³/mol. The van der Waals surface area contributed by atoms with Crippen molar-refractivity contribution in [2.75, 3.05) is 14.2 Å². The zero-order valence-electron chi connectivity index (χ0n) is 11.4. The van der Waals surface area contributed by atoms with Crippen LogP contribution in [0.1, 0.15) is 5.82 Å². The van der Waals surface area contributed by atoms with Crippen LogP contribution in [-0.4, -0.2) is 34.0 Å². The highest BCUT2D eigenvalue weighted by molar-refractivity contribution is 5.62. The highest BCUT2D eigenvalue weighted by atomic mass is 16.5. The Bertz CT molecular complexity index is 737. The fourth-order valence-corrected chi connectivity index (χ4v) is 2.04. The number of hydrogen-bond donors (Lipinski definition) is 1. The standard InChI is InChI=1S/C14H15N5O/c1-15-9-14-17-16-13-7-6-12(18-19(13)14)10-4-3-5-11(8-10)20-2/h3-8,15H,9H2,1-2H3. The van der Waals surface area contributed by atoms with Crippen LogP contribution in [0.25, 0.3) is 16.9 Å². The molecule has 1 N–H and O–H groups in total. The number of nitrogens with one attached hydrogen (secondary N) is 1. The third-order valence-corrected chi connectivity index (χ3v) is 3.03. The van der Waals surface area contributed by atoms with Gasteiger partial charge in [0.05, 0.1) is 19.3 Å². The number of nitrogens with zero attached hydrogens (tertiary/aromatic N) is 4. The number of hydrogen-bond acceptors (Lipinski definition) is 5. The molecule has 3 aromatic rings. The Morgan fingerprint density at radius 2 is 2.10 bits per heavy atom. The van der Waals surface area contributed by atoms with Gasteiger partial charge in [0, 0.05) is 5.56 Å². The van der Waals surface area contributed by atoms with E-state index in [2.05, 4.69) is 20.6 Å². The molecule has 2 heterocycles. The monoisotopic (exact) mass is 269 g/mol. The molecule has 0 aliphatic heterocycles. The van der Waals surface area contributed by atoms with E-state index in [9.17, 15) is 0 Å². The molecule has 0 amide bonds. The van der Waals surface area contributed by atoms with Gasteiger partial charge in [0.1, 0.15) is 5.75 Å². The molecule has 0 saturated carbocycles. The molecule has 0 aliphatic rings. The highest BCUT2D eigenvalue weighted by Gasteiger charge is 2.08. The molecule has 2 aromatic heterocycles. The van der Waals surface area contributed by atoms with Crippen LogP contribution in [0.3, 0.4) is 0 Å². The summed E-state index contributed by atoms with van der Waals surface area (Å²) in [5.41, 5.74) is 2.59. The van der Waals surface area contributed by atoms with Crippen LogP contribution >= 0.6 is 0 Å². The Morgan fingerprint density at radius 1 is 1.20 bits per heavy atom. The minimum atomic E-state index is 0.621. The third kappa shape index (κ3) is 2.21. The molecule has 1 aromatic carbocycles. The van der Waals surface area contributed by atoms with E-state index in [1.54, 1.807) is 11.6 Å². The lowest BCUT2D eigenvalue weighted by atomic mass is 10.1. The van der Waals surface area contributed by atoms with E-state index in [0.717, 1.165) is 28.5 Å². The molecule has 0 aliphatic carbocycles. The fourth-order valence-electron chi connectivity index (χ4n) is 2.04. The molecule has 0 saturated heterocycles. The van der Waals surface area contributed by atoms with Crippen LogP contribution in [0, 0.1) is 0 Å². The van der Waals surface area contributed by atoms with Crippen LogP contribution in [0.2, 0.25) is 0 Å². The summed E-state index contributed by atoms with van der Waals surface area (Å²) in [5.74, 6) is 1.59. The van der Waals surface area contributed by atoms with Gasteiger partial charge < -0.3 is 10.1 Å². The van der Waals surface area contributed by atoms with Crippen molar-refractivity contribution in [2.45, 2.75) is 6.54 Å². The van der Waals surface area contributed by atoms with Crippen LogP contribution < -0.4 is 10.1 Å².